The third kappa shape index (κ3) is 6.39. The van der Waals surface area contributed by atoms with Gasteiger partial charge in [-0.15, -0.1) is 24.0 Å². The van der Waals surface area contributed by atoms with Crippen molar-refractivity contribution in [3.8, 4) is 0 Å². The highest BCUT2D eigenvalue weighted by atomic mass is 127. The first-order chi connectivity index (χ1) is 12.8. The summed E-state index contributed by atoms with van der Waals surface area (Å²) in [5.74, 6) is 0.811. The van der Waals surface area contributed by atoms with Crippen LogP contribution in [0.15, 0.2) is 53.5 Å². The molecule has 0 radical (unpaired) electrons. The number of aliphatic imine (C=N–C) groups is 1. The summed E-state index contributed by atoms with van der Waals surface area (Å²) >= 11 is 0. The minimum atomic E-state index is 0. The second kappa shape index (κ2) is 11.1. The number of halogens is 1. The summed E-state index contributed by atoms with van der Waals surface area (Å²) in [6.45, 7) is 7.20. The molecule has 3 rings (SSSR count). The van der Waals surface area contributed by atoms with Crippen LogP contribution in [0.4, 0.5) is 5.69 Å². The number of anilines is 1. The van der Waals surface area contributed by atoms with Gasteiger partial charge in [0.15, 0.2) is 5.96 Å². The lowest BCUT2D eigenvalue weighted by Crippen LogP contribution is -2.36. The molecule has 0 atom stereocenters. The largest absolute Gasteiger partial charge is 0.378 e. The van der Waals surface area contributed by atoms with E-state index in [9.17, 15) is 0 Å². The van der Waals surface area contributed by atoms with Gasteiger partial charge in [0, 0.05) is 38.9 Å². The summed E-state index contributed by atoms with van der Waals surface area (Å²) < 4.78 is 5.41. The average molecular weight is 480 g/mol. The number of benzene rings is 2. The summed E-state index contributed by atoms with van der Waals surface area (Å²) in [6, 6.07) is 17.1. The molecule has 2 aromatic rings. The number of guanidine groups is 1. The van der Waals surface area contributed by atoms with Crippen molar-refractivity contribution in [3.05, 3.63) is 65.2 Å². The predicted molar refractivity (Wildman–Crippen MR) is 123 cm³/mol. The van der Waals surface area contributed by atoms with E-state index in [-0.39, 0.29) is 24.0 Å². The van der Waals surface area contributed by atoms with Crippen LogP contribution < -0.4 is 15.5 Å². The molecule has 0 amide bonds. The molecule has 2 aromatic carbocycles. The molecule has 1 saturated heterocycles. The molecule has 27 heavy (non-hydrogen) atoms. The van der Waals surface area contributed by atoms with Crippen molar-refractivity contribution in [2.75, 3.05) is 38.3 Å². The standard InChI is InChI=1S/C21H28N4O.HI/c1-17-5-3-4-6-19(17)16-24-21(22-2)23-15-18-7-9-20(10-8-18)25-11-13-26-14-12-25;/h3-10H,11-16H2,1-2H3,(H2,22,23,24);1H. The van der Waals surface area contributed by atoms with Crippen LogP contribution >= 0.6 is 24.0 Å². The molecule has 0 saturated carbocycles. The fourth-order valence-electron chi connectivity index (χ4n) is 3.04. The third-order valence-corrected chi connectivity index (χ3v) is 4.70. The van der Waals surface area contributed by atoms with Crippen LogP contribution in [0.2, 0.25) is 0 Å². The molecule has 0 spiro atoms. The molecule has 0 unspecified atom stereocenters. The molecule has 6 heteroatoms. The summed E-state index contributed by atoms with van der Waals surface area (Å²) in [7, 11) is 1.80. The van der Waals surface area contributed by atoms with Gasteiger partial charge in [-0.05, 0) is 35.7 Å². The van der Waals surface area contributed by atoms with Gasteiger partial charge in [-0.3, -0.25) is 4.99 Å². The van der Waals surface area contributed by atoms with Gasteiger partial charge in [0.2, 0.25) is 0 Å². The van der Waals surface area contributed by atoms with Crippen molar-refractivity contribution in [3.63, 3.8) is 0 Å². The number of hydrogen-bond acceptors (Lipinski definition) is 3. The summed E-state index contributed by atoms with van der Waals surface area (Å²) in [5, 5.41) is 6.76. The van der Waals surface area contributed by atoms with Crippen LogP contribution in [0.5, 0.6) is 0 Å². The Morgan fingerprint density at radius 1 is 1.00 bits per heavy atom. The Kier molecular flexibility index (Phi) is 8.87. The van der Waals surface area contributed by atoms with Gasteiger partial charge in [-0.25, -0.2) is 0 Å². The minimum Gasteiger partial charge on any atom is -0.378 e. The maximum absolute atomic E-state index is 5.41. The molecule has 146 valence electrons. The normalized spacial score (nSPS) is 14.4. The highest BCUT2D eigenvalue weighted by Crippen LogP contribution is 2.16. The van der Waals surface area contributed by atoms with Gasteiger partial charge in [0.1, 0.15) is 0 Å². The number of aryl methyl sites for hydroxylation is 1. The fourth-order valence-corrected chi connectivity index (χ4v) is 3.04. The molecule has 1 aliphatic rings. The van der Waals surface area contributed by atoms with Gasteiger partial charge < -0.3 is 20.3 Å². The molecular weight excluding hydrogens is 451 g/mol. The highest BCUT2D eigenvalue weighted by molar-refractivity contribution is 14.0. The van der Waals surface area contributed by atoms with E-state index in [1.807, 2.05) is 0 Å². The Morgan fingerprint density at radius 3 is 2.33 bits per heavy atom. The molecule has 0 aliphatic carbocycles. The number of nitrogens with zero attached hydrogens (tertiary/aromatic N) is 2. The van der Waals surface area contributed by atoms with E-state index in [0.717, 1.165) is 45.4 Å². The SMILES string of the molecule is CN=C(NCc1ccc(N2CCOCC2)cc1)NCc1ccccc1C.I. The van der Waals surface area contributed by atoms with Crippen LogP contribution in [-0.2, 0) is 17.8 Å². The van der Waals surface area contributed by atoms with Gasteiger partial charge in [-0.1, -0.05) is 36.4 Å². The number of morpholine rings is 1. The third-order valence-electron chi connectivity index (χ3n) is 4.70. The Hall–Kier alpha value is -1.80. The van der Waals surface area contributed by atoms with E-state index < -0.39 is 0 Å². The van der Waals surface area contributed by atoms with E-state index in [1.165, 1.54) is 22.4 Å². The minimum absolute atomic E-state index is 0. The quantitative estimate of drug-likeness (QED) is 0.392. The van der Waals surface area contributed by atoms with Crippen molar-refractivity contribution in [1.82, 2.24) is 10.6 Å². The van der Waals surface area contributed by atoms with Crippen LogP contribution in [0.1, 0.15) is 16.7 Å². The molecule has 1 heterocycles. The maximum Gasteiger partial charge on any atom is 0.191 e. The zero-order chi connectivity index (χ0) is 18.2. The molecule has 1 fully saturated rings. The number of nitrogens with one attached hydrogen (secondary N) is 2. The topological polar surface area (TPSA) is 48.9 Å². The smallest absolute Gasteiger partial charge is 0.191 e. The summed E-state index contributed by atoms with van der Waals surface area (Å²) in [4.78, 5) is 6.68. The second-order valence-electron chi connectivity index (χ2n) is 6.47. The van der Waals surface area contributed by atoms with Gasteiger partial charge in [0.05, 0.1) is 13.2 Å². The first-order valence-electron chi connectivity index (χ1n) is 9.17. The lowest BCUT2D eigenvalue weighted by molar-refractivity contribution is 0.122. The number of ether oxygens (including phenoxy) is 1. The molecular formula is C21H29IN4O. The fraction of sp³-hybridized carbons (Fsp3) is 0.381. The van der Waals surface area contributed by atoms with E-state index in [1.54, 1.807) is 7.05 Å². The Balaban J connectivity index is 0.00000261. The highest BCUT2D eigenvalue weighted by Gasteiger charge is 2.10. The van der Waals surface area contributed by atoms with Crippen LogP contribution in [0, 0.1) is 6.92 Å². The van der Waals surface area contributed by atoms with Crippen molar-refractivity contribution >= 4 is 35.6 Å². The van der Waals surface area contributed by atoms with Gasteiger partial charge >= 0.3 is 0 Å². The van der Waals surface area contributed by atoms with Gasteiger partial charge in [-0.2, -0.15) is 0 Å². The van der Waals surface area contributed by atoms with E-state index in [2.05, 4.69) is 76.0 Å². The Bertz CT molecular complexity index is 727. The lowest BCUT2D eigenvalue weighted by Gasteiger charge is -2.28. The van der Waals surface area contributed by atoms with Crippen molar-refractivity contribution in [2.24, 2.45) is 4.99 Å². The zero-order valence-electron chi connectivity index (χ0n) is 16.1. The zero-order valence-corrected chi connectivity index (χ0v) is 18.4. The molecule has 1 aliphatic heterocycles. The lowest BCUT2D eigenvalue weighted by atomic mass is 10.1. The first-order valence-corrected chi connectivity index (χ1v) is 9.17. The van der Waals surface area contributed by atoms with Gasteiger partial charge in [0.25, 0.3) is 0 Å². The number of hydrogen-bond donors (Lipinski definition) is 2. The first kappa shape index (κ1) is 21.5. The molecule has 0 aromatic heterocycles. The van der Waals surface area contributed by atoms with E-state index in [0.29, 0.717) is 0 Å². The van der Waals surface area contributed by atoms with Crippen molar-refractivity contribution in [1.29, 1.82) is 0 Å². The Labute approximate surface area is 179 Å². The van der Waals surface area contributed by atoms with Crippen molar-refractivity contribution in [2.45, 2.75) is 20.0 Å². The predicted octanol–water partition coefficient (Wildman–Crippen LogP) is 3.31. The number of rotatable bonds is 5. The molecule has 0 bridgehead atoms. The van der Waals surface area contributed by atoms with Crippen LogP contribution in [0.3, 0.4) is 0 Å². The summed E-state index contributed by atoms with van der Waals surface area (Å²) in [6.07, 6.45) is 0. The monoisotopic (exact) mass is 480 g/mol. The van der Waals surface area contributed by atoms with E-state index in [4.69, 9.17) is 4.74 Å². The maximum atomic E-state index is 5.41. The van der Waals surface area contributed by atoms with Crippen LogP contribution in [-0.4, -0.2) is 39.3 Å². The van der Waals surface area contributed by atoms with Crippen molar-refractivity contribution < 1.29 is 4.74 Å². The molecule has 5 nitrogen and oxygen atoms in total. The molecule has 2 N–H and O–H groups in total. The summed E-state index contributed by atoms with van der Waals surface area (Å²) in [5.41, 5.74) is 5.07. The second-order valence-corrected chi connectivity index (χ2v) is 6.47. The Morgan fingerprint density at radius 2 is 1.67 bits per heavy atom. The van der Waals surface area contributed by atoms with E-state index >= 15 is 0 Å². The average Bonchev–Trinajstić information content (AvgIpc) is 2.70. The van der Waals surface area contributed by atoms with Crippen LogP contribution in [0.25, 0.3) is 0 Å².